The number of carbonyl (C=O) groups is 3. The van der Waals surface area contributed by atoms with Crippen LogP contribution in [-0.2, 0) is 37.5 Å². The molecule has 0 aliphatic carbocycles. The van der Waals surface area contributed by atoms with Gasteiger partial charge in [0.05, 0.1) is 19.3 Å². The molecule has 0 radical (unpaired) electrons. The van der Waals surface area contributed by atoms with Crippen LogP contribution in [0.5, 0.6) is 0 Å². The summed E-state index contributed by atoms with van der Waals surface area (Å²) in [5, 5.41) is 18.9. The van der Waals surface area contributed by atoms with Gasteiger partial charge in [0.15, 0.2) is 6.10 Å². The standard InChI is InChI=1S/C40H70NO11P/c1-3-5-7-9-11-12-13-14-18-22-26-30-38(43)49-32-36(33-50-53(47,48)51-34-37(41)40(45)46)52-39(44)31-27-23-19-16-15-17-21-25-29-35(42)28-24-20-10-8-6-4-2/h16-17,19-21,24-25,29,35-37,42H,3-15,18,22-23,26-28,30-34,41H2,1-2H3,(H,45,46)(H,47,48)/b19-16-,21-17-,24-20-,29-25+/t35-,36+,37-/m0/s1. The number of esters is 2. The van der Waals surface area contributed by atoms with Gasteiger partial charge >= 0.3 is 25.7 Å². The Hall–Kier alpha value is -2.60. The fourth-order valence-corrected chi connectivity index (χ4v) is 5.74. The molecule has 0 aromatic rings. The third kappa shape index (κ3) is 34.9. The molecule has 53 heavy (non-hydrogen) atoms. The third-order valence-corrected chi connectivity index (χ3v) is 9.11. The molecule has 306 valence electrons. The van der Waals surface area contributed by atoms with E-state index in [0.29, 0.717) is 32.1 Å². The number of phosphoric ester groups is 1. The number of ether oxygens (including phenoxy) is 2. The van der Waals surface area contributed by atoms with Crippen LogP contribution in [0, 0.1) is 0 Å². The Bertz CT molecular complexity index is 1110. The highest BCUT2D eigenvalue weighted by Gasteiger charge is 2.28. The molecule has 0 fully saturated rings. The van der Waals surface area contributed by atoms with Gasteiger partial charge in [0, 0.05) is 12.8 Å². The fraction of sp³-hybridized carbons (Fsp3) is 0.725. The highest BCUT2D eigenvalue weighted by molar-refractivity contribution is 7.47. The van der Waals surface area contributed by atoms with E-state index in [9.17, 15) is 28.9 Å². The molecule has 0 heterocycles. The molecular formula is C40H70NO11P. The van der Waals surface area contributed by atoms with Crippen LogP contribution in [0.25, 0.3) is 0 Å². The zero-order valence-corrected chi connectivity index (χ0v) is 33.3. The summed E-state index contributed by atoms with van der Waals surface area (Å²) in [7, 11) is -4.74. The molecule has 0 aromatic heterocycles. The maximum Gasteiger partial charge on any atom is 0.472 e. The summed E-state index contributed by atoms with van der Waals surface area (Å²) in [6.07, 6.45) is 33.6. The Morgan fingerprint density at radius 3 is 1.91 bits per heavy atom. The molecule has 12 nitrogen and oxygen atoms in total. The summed E-state index contributed by atoms with van der Waals surface area (Å²) in [6.45, 7) is 2.60. The fourth-order valence-electron chi connectivity index (χ4n) is 4.96. The molecule has 0 rings (SSSR count). The first kappa shape index (κ1) is 50.4. The average molecular weight is 772 g/mol. The van der Waals surface area contributed by atoms with Crippen molar-refractivity contribution in [3.05, 3.63) is 48.6 Å². The van der Waals surface area contributed by atoms with E-state index in [1.165, 1.54) is 64.2 Å². The van der Waals surface area contributed by atoms with Gasteiger partial charge < -0.3 is 30.3 Å². The second-order valence-corrected chi connectivity index (χ2v) is 14.7. The lowest BCUT2D eigenvalue weighted by Crippen LogP contribution is -2.34. The number of carboxylic acids is 1. The van der Waals surface area contributed by atoms with Crippen LogP contribution in [0.2, 0.25) is 0 Å². The number of aliphatic hydroxyl groups is 1. The van der Waals surface area contributed by atoms with E-state index in [2.05, 4.69) is 24.4 Å². The Kier molecular flexibility index (Phi) is 33.4. The first-order valence-corrected chi connectivity index (χ1v) is 21.3. The van der Waals surface area contributed by atoms with Gasteiger partial charge in [-0.1, -0.05) is 140 Å². The molecule has 0 amide bonds. The zero-order chi connectivity index (χ0) is 39.4. The lowest BCUT2D eigenvalue weighted by Gasteiger charge is -2.20. The summed E-state index contributed by atoms with van der Waals surface area (Å²) in [5.74, 6) is -2.50. The van der Waals surface area contributed by atoms with Crippen molar-refractivity contribution in [2.45, 2.75) is 167 Å². The highest BCUT2D eigenvalue weighted by atomic mass is 31.2. The lowest BCUT2D eigenvalue weighted by atomic mass is 10.1. The second kappa shape index (κ2) is 35.1. The van der Waals surface area contributed by atoms with Gasteiger partial charge in [0.2, 0.25) is 0 Å². The number of hydrogen-bond acceptors (Lipinski definition) is 10. The van der Waals surface area contributed by atoms with Crippen LogP contribution in [0.15, 0.2) is 48.6 Å². The van der Waals surface area contributed by atoms with Crippen LogP contribution in [0.4, 0.5) is 0 Å². The monoisotopic (exact) mass is 771 g/mol. The smallest absolute Gasteiger partial charge is 0.472 e. The van der Waals surface area contributed by atoms with Gasteiger partial charge in [-0.2, -0.15) is 0 Å². The van der Waals surface area contributed by atoms with E-state index in [4.69, 9.17) is 24.8 Å². The van der Waals surface area contributed by atoms with Crippen LogP contribution in [-0.4, -0.2) is 71.1 Å². The predicted octanol–water partition coefficient (Wildman–Crippen LogP) is 8.80. The maximum absolute atomic E-state index is 12.6. The molecule has 0 aliphatic rings. The van der Waals surface area contributed by atoms with E-state index in [-0.39, 0.29) is 19.4 Å². The van der Waals surface area contributed by atoms with E-state index in [1.807, 2.05) is 36.5 Å². The number of unbranched alkanes of at least 4 members (excludes halogenated alkanes) is 14. The van der Waals surface area contributed by atoms with Gasteiger partial charge in [-0.05, 0) is 44.9 Å². The molecule has 1 unspecified atom stereocenters. The van der Waals surface area contributed by atoms with Crippen molar-refractivity contribution in [3.63, 3.8) is 0 Å². The molecule has 4 atom stereocenters. The SMILES string of the molecule is CCCCC/C=C\C[C@H](O)/C=C/C=C\C/C=C\CCCC(=O)O[C@H](COC(=O)CCCCCCCCCCCCC)COP(=O)(O)OC[C@H](N)C(=O)O. The summed E-state index contributed by atoms with van der Waals surface area (Å²) in [5.41, 5.74) is 5.31. The number of phosphoric acid groups is 1. The minimum atomic E-state index is -4.74. The third-order valence-electron chi connectivity index (χ3n) is 8.16. The first-order valence-electron chi connectivity index (χ1n) is 19.8. The minimum absolute atomic E-state index is 0.0534. The van der Waals surface area contributed by atoms with Crippen molar-refractivity contribution in [2.75, 3.05) is 19.8 Å². The van der Waals surface area contributed by atoms with Gasteiger partial charge in [0.25, 0.3) is 0 Å². The minimum Gasteiger partial charge on any atom is -0.480 e. The second-order valence-electron chi connectivity index (χ2n) is 13.3. The number of aliphatic hydroxyl groups excluding tert-OH is 1. The normalized spacial score (nSPS) is 15.0. The average Bonchev–Trinajstić information content (AvgIpc) is 3.12. The summed E-state index contributed by atoms with van der Waals surface area (Å²) in [4.78, 5) is 45.7. The Morgan fingerprint density at radius 1 is 0.679 bits per heavy atom. The van der Waals surface area contributed by atoms with E-state index >= 15 is 0 Å². The van der Waals surface area contributed by atoms with E-state index in [1.54, 1.807) is 6.08 Å². The molecule has 0 bridgehead atoms. The first-order chi connectivity index (χ1) is 25.5. The predicted molar refractivity (Wildman–Crippen MR) is 209 cm³/mol. The molecule has 5 N–H and O–H groups in total. The molecule has 0 spiro atoms. The largest absolute Gasteiger partial charge is 0.480 e. The van der Waals surface area contributed by atoms with Crippen molar-refractivity contribution < 1.29 is 52.6 Å². The van der Waals surface area contributed by atoms with E-state index < -0.39 is 57.2 Å². The van der Waals surface area contributed by atoms with Crippen molar-refractivity contribution in [1.82, 2.24) is 0 Å². The number of carboxylic acid groups (broad SMARTS) is 1. The molecule has 0 aromatic carbocycles. The molecule has 0 aliphatic heterocycles. The quantitative estimate of drug-likeness (QED) is 0.0156. The summed E-state index contributed by atoms with van der Waals surface area (Å²) < 4.78 is 32.5. The zero-order valence-electron chi connectivity index (χ0n) is 32.5. The number of hydrogen-bond donors (Lipinski definition) is 4. The summed E-state index contributed by atoms with van der Waals surface area (Å²) in [6, 6.07) is -1.54. The topological polar surface area (TPSA) is 192 Å². The molecule has 0 saturated carbocycles. The van der Waals surface area contributed by atoms with Crippen molar-refractivity contribution in [3.8, 4) is 0 Å². The maximum atomic E-state index is 12.6. The number of carbonyl (C=O) groups excluding carboxylic acids is 2. The van der Waals surface area contributed by atoms with Crippen molar-refractivity contribution >= 4 is 25.7 Å². The Balaban J connectivity index is 4.60. The molecular weight excluding hydrogens is 701 g/mol. The van der Waals surface area contributed by atoms with Gasteiger partial charge in [0.1, 0.15) is 12.6 Å². The Labute approximate surface area is 318 Å². The number of aliphatic carboxylic acids is 1. The number of nitrogens with two attached hydrogens (primary N) is 1. The summed E-state index contributed by atoms with van der Waals surface area (Å²) >= 11 is 0. The van der Waals surface area contributed by atoms with Crippen LogP contribution < -0.4 is 5.73 Å². The van der Waals surface area contributed by atoms with Crippen molar-refractivity contribution in [2.24, 2.45) is 5.73 Å². The van der Waals surface area contributed by atoms with Gasteiger partial charge in [-0.25, -0.2) is 4.57 Å². The Morgan fingerprint density at radius 2 is 1.25 bits per heavy atom. The van der Waals surface area contributed by atoms with E-state index in [0.717, 1.165) is 25.7 Å². The molecule has 0 saturated heterocycles. The molecule has 13 heteroatoms. The van der Waals surface area contributed by atoms with Crippen LogP contribution in [0.3, 0.4) is 0 Å². The number of rotatable bonds is 36. The van der Waals surface area contributed by atoms with Crippen molar-refractivity contribution in [1.29, 1.82) is 0 Å². The van der Waals surface area contributed by atoms with Crippen LogP contribution >= 0.6 is 7.82 Å². The van der Waals surface area contributed by atoms with Gasteiger partial charge in [-0.15, -0.1) is 0 Å². The number of allylic oxidation sites excluding steroid dienone is 6. The lowest BCUT2D eigenvalue weighted by molar-refractivity contribution is -0.161. The highest BCUT2D eigenvalue weighted by Crippen LogP contribution is 2.43. The van der Waals surface area contributed by atoms with Crippen LogP contribution in [0.1, 0.15) is 149 Å². The van der Waals surface area contributed by atoms with Gasteiger partial charge in [-0.3, -0.25) is 23.4 Å².